The fourth-order valence-electron chi connectivity index (χ4n) is 0.205. The quantitative estimate of drug-likeness (QED) is 0.382. The van der Waals surface area contributed by atoms with Crippen molar-refractivity contribution in [1.29, 1.82) is 0 Å². The SMILES string of the molecule is OCC(O)COP(S)S. The van der Waals surface area contributed by atoms with Crippen LogP contribution in [-0.2, 0) is 4.52 Å². The second-order valence-corrected chi connectivity index (χ2v) is 5.28. The predicted molar refractivity (Wildman–Crippen MR) is 43.9 cm³/mol. The van der Waals surface area contributed by atoms with Gasteiger partial charge in [-0.3, -0.25) is 0 Å². The van der Waals surface area contributed by atoms with E-state index in [1.54, 1.807) is 0 Å². The summed E-state index contributed by atoms with van der Waals surface area (Å²) in [5, 5.41) is 16.9. The molecule has 0 bridgehead atoms. The summed E-state index contributed by atoms with van der Waals surface area (Å²) in [7, 11) is 0. The smallest absolute Gasteiger partial charge is 0.145 e. The normalized spacial score (nSPS) is 14.3. The van der Waals surface area contributed by atoms with Crippen LogP contribution in [0.4, 0.5) is 0 Å². The van der Waals surface area contributed by atoms with E-state index in [0.717, 1.165) is 0 Å². The van der Waals surface area contributed by atoms with Crippen molar-refractivity contribution in [2.75, 3.05) is 13.2 Å². The van der Waals surface area contributed by atoms with Crippen molar-refractivity contribution in [3.63, 3.8) is 0 Å². The first-order valence-electron chi connectivity index (χ1n) is 2.26. The Morgan fingerprint density at radius 2 is 2.11 bits per heavy atom. The van der Waals surface area contributed by atoms with Gasteiger partial charge in [-0.25, -0.2) is 0 Å². The molecule has 0 radical (unpaired) electrons. The highest BCUT2D eigenvalue weighted by atomic mass is 33.1. The van der Waals surface area contributed by atoms with E-state index in [0.29, 0.717) is 0 Å². The lowest BCUT2D eigenvalue weighted by atomic mass is 10.4. The van der Waals surface area contributed by atoms with Gasteiger partial charge in [0, 0.05) is 0 Å². The van der Waals surface area contributed by atoms with Crippen LogP contribution >= 0.6 is 31.0 Å². The Morgan fingerprint density at radius 3 is 2.44 bits per heavy atom. The van der Waals surface area contributed by atoms with E-state index in [-0.39, 0.29) is 13.2 Å². The van der Waals surface area contributed by atoms with Gasteiger partial charge in [-0.1, -0.05) is 0 Å². The van der Waals surface area contributed by atoms with Gasteiger partial charge in [0.15, 0.2) is 0 Å². The topological polar surface area (TPSA) is 49.7 Å². The summed E-state index contributed by atoms with van der Waals surface area (Å²) >= 11 is 7.65. The molecule has 6 heteroatoms. The first-order chi connectivity index (χ1) is 4.16. The summed E-state index contributed by atoms with van der Waals surface area (Å²) in [5.74, 6) is 0. The van der Waals surface area contributed by atoms with Gasteiger partial charge < -0.3 is 14.7 Å². The Hall–Kier alpha value is 1.01. The average molecular weight is 188 g/mol. The van der Waals surface area contributed by atoms with Crippen LogP contribution in [0.3, 0.4) is 0 Å². The van der Waals surface area contributed by atoms with Crippen LogP contribution in [0, 0.1) is 0 Å². The third kappa shape index (κ3) is 6.90. The van der Waals surface area contributed by atoms with Crippen molar-refractivity contribution >= 4 is 31.0 Å². The second-order valence-electron chi connectivity index (χ2n) is 1.38. The van der Waals surface area contributed by atoms with Gasteiger partial charge in [-0.2, -0.15) is 0 Å². The zero-order valence-electron chi connectivity index (χ0n) is 4.64. The lowest BCUT2D eigenvalue weighted by Gasteiger charge is -2.08. The average Bonchev–Trinajstić information content (AvgIpc) is 1.83. The summed E-state index contributed by atoms with van der Waals surface area (Å²) in [4.78, 5) is 0. The van der Waals surface area contributed by atoms with Gasteiger partial charge in [0.2, 0.25) is 0 Å². The minimum absolute atomic E-state index is 0.0925. The zero-order valence-corrected chi connectivity index (χ0v) is 7.32. The predicted octanol–water partition coefficient (Wildman–Crippen LogP) is 0.443. The molecule has 0 aromatic rings. The van der Waals surface area contributed by atoms with Crippen molar-refractivity contribution in [2.24, 2.45) is 0 Å². The molecular formula is C3H9O3PS2. The van der Waals surface area contributed by atoms with Crippen molar-refractivity contribution < 1.29 is 14.7 Å². The first-order valence-corrected chi connectivity index (χ1v) is 5.83. The van der Waals surface area contributed by atoms with Crippen LogP contribution in [0.15, 0.2) is 0 Å². The Kier molecular flexibility index (Phi) is 6.42. The molecule has 0 aliphatic heterocycles. The molecule has 0 aromatic carbocycles. The summed E-state index contributed by atoms with van der Waals surface area (Å²) in [6.07, 6.45) is -0.811. The molecule has 0 heterocycles. The fraction of sp³-hybridized carbons (Fsp3) is 1.00. The van der Waals surface area contributed by atoms with E-state index in [4.69, 9.17) is 14.7 Å². The zero-order chi connectivity index (χ0) is 7.28. The third-order valence-corrected chi connectivity index (χ3v) is 1.67. The summed E-state index contributed by atoms with van der Waals surface area (Å²) in [5.41, 5.74) is 0. The highest BCUT2D eigenvalue weighted by Gasteiger charge is 2.03. The van der Waals surface area contributed by atoms with E-state index >= 15 is 0 Å². The van der Waals surface area contributed by atoms with E-state index in [2.05, 4.69) is 24.5 Å². The van der Waals surface area contributed by atoms with Gasteiger partial charge in [-0.05, 0) is 0 Å². The van der Waals surface area contributed by atoms with Crippen molar-refractivity contribution in [3.05, 3.63) is 0 Å². The van der Waals surface area contributed by atoms with Crippen LogP contribution < -0.4 is 0 Å². The van der Waals surface area contributed by atoms with Gasteiger partial charge in [0.05, 0.1) is 13.2 Å². The highest BCUT2D eigenvalue weighted by molar-refractivity contribution is 8.76. The molecular weight excluding hydrogens is 179 g/mol. The molecule has 0 spiro atoms. The minimum atomic E-state index is -1.02. The summed E-state index contributed by atoms with van der Waals surface area (Å²) < 4.78 is 4.78. The van der Waals surface area contributed by atoms with E-state index < -0.39 is 12.7 Å². The van der Waals surface area contributed by atoms with E-state index in [9.17, 15) is 0 Å². The number of aliphatic hydroxyl groups excluding tert-OH is 2. The summed E-state index contributed by atoms with van der Waals surface area (Å²) in [6, 6.07) is 0. The van der Waals surface area contributed by atoms with E-state index in [1.165, 1.54) is 0 Å². The first kappa shape index (κ1) is 10.0. The molecule has 0 saturated carbocycles. The van der Waals surface area contributed by atoms with Gasteiger partial charge in [0.1, 0.15) is 12.7 Å². The summed E-state index contributed by atoms with van der Waals surface area (Å²) in [6.45, 7) is -1.22. The van der Waals surface area contributed by atoms with Crippen LogP contribution in [0.1, 0.15) is 0 Å². The number of hydrogen-bond donors (Lipinski definition) is 4. The molecule has 0 fully saturated rings. The monoisotopic (exact) mass is 188 g/mol. The molecule has 0 aliphatic carbocycles. The molecule has 0 aliphatic rings. The molecule has 0 saturated heterocycles. The van der Waals surface area contributed by atoms with Crippen LogP contribution in [0.2, 0.25) is 0 Å². The van der Waals surface area contributed by atoms with Crippen LogP contribution in [0.25, 0.3) is 0 Å². The lowest BCUT2D eigenvalue weighted by Crippen LogP contribution is -2.17. The standard InChI is InChI=1S/C3H9O3PS2/c4-1-3(5)2-6-7(8)9/h3-5,8-9H,1-2H2. The molecule has 3 nitrogen and oxygen atoms in total. The van der Waals surface area contributed by atoms with Crippen molar-refractivity contribution in [3.8, 4) is 0 Å². The van der Waals surface area contributed by atoms with Gasteiger partial charge in [0.25, 0.3) is 0 Å². The molecule has 9 heavy (non-hydrogen) atoms. The molecule has 2 N–H and O–H groups in total. The Balaban J connectivity index is 3.06. The van der Waals surface area contributed by atoms with E-state index in [1.807, 2.05) is 0 Å². The minimum Gasteiger partial charge on any atom is -0.394 e. The molecule has 0 amide bonds. The Labute approximate surface area is 65.6 Å². The number of hydrogen-bond acceptors (Lipinski definition) is 5. The van der Waals surface area contributed by atoms with Gasteiger partial charge in [-0.15, -0.1) is 24.5 Å². The maximum Gasteiger partial charge on any atom is 0.145 e. The Bertz CT molecular complexity index is 72.1. The Morgan fingerprint density at radius 1 is 1.56 bits per heavy atom. The largest absolute Gasteiger partial charge is 0.394 e. The number of aliphatic hydroxyl groups is 2. The maximum absolute atomic E-state index is 8.67. The van der Waals surface area contributed by atoms with Crippen LogP contribution in [0.5, 0.6) is 0 Å². The fourth-order valence-corrected chi connectivity index (χ4v) is 0.911. The number of thiol groups is 2. The van der Waals surface area contributed by atoms with Crippen molar-refractivity contribution in [2.45, 2.75) is 6.10 Å². The van der Waals surface area contributed by atoms with Crippen molar-refractivity contribution in [1.82, 2.24) is 0 Å². The van der Waals surface area contributed by atoms with Gasteiger partial charge >= 0.3 is 0 Å². The third-order valence-electron chi connectivity index (χ3n) is 0.593. The lowest BCUT2D eigenvalue weighted by molar-refractivity contribution is 0.0592. The van der Waals surface area contributed by atoms with Crippen LogP contribution in [-0.4, -0.2) is 29.5 Å². The second kappa shape index (κ2) is 5.77. The molecule has 56 valence electrons. The molecule has 0 rings (SSSR count). The molecule has 0 aromatic heterocycles. The maximum atomic E-state index is 8.67. The highest BCUT2D eigenvalue weighted by Crippen LogP contribution is 2.46. The number of rotatable bonds is 4. The molecule has 1 atom stereocenters. The molecule has 1 unspecified atom stereocenters.